The smallest absolute Gasteiger partial charge is 0.338 e. The minimum absolute atomic E-state index is 0.0109. The number of ether oxygens (including phenoxy) is 4. The van der Waals surface area contributed by atoms with E-state index >= 15 is 0 Å². The highest BCUT2D eigenvalue weighted by Crippen LogP contribution is 2.39. The maximum absolute atomic E-state index is 14.5. The minimum atomic E-state index is -0.933. The van der Waals surface area contributed by atoms with Crippen molar-refractivity contribution in [2.75, 3.05) is 34.0 Å². The van der Waals surface area contributed by atoms with Gasteiger partial charge in [0.1, 0.15) is 29.6 Å². The molecule has 1 atom stereocenters. The summed E-state index contributed by atoms with van der Waals surface area (Å²) in [5.41, 5.74) is 1.38. The van der Waals surface area contributed by atoms with Crippen molar-refractivity contribution in [2.45, 2.75) is 19.4 Å². The number of esters is 1. The van der Waals surface area contributed by atoms with Crippen molar-refractivity contribution in [1.29, 1.82) is 0 Å². The van der Waals surface area contributed by atoms with Crippen molar-refractivity contribution < 1.29 is 37.3 Å². The first-order valence-corrected chi connectivity index (χ1v) is 11.8. The molecule has 194 valence electrons. The predicted molar refractivity (Wildman–Crippen MR) is 131 cm³/mol. The van der Waals surface area contributed by atoms with E-state index in [9.17, 15) is 18.4 Å². The van der Waals surface area contributed by atoms with Crippen LogP contribution in [0.5, 0.6) is 17.2 Å². The first-order chi connectivity index (χ1) is 17.9. The molecule has 1 heterocycles. The molecule has 0 radical (unpaired) electrons. The quantitative estimate of drug-likeness (QED) is 0.398. The van der Waals surface area contributed by atoms with E-state index < -0.39 is 35.1 Å². The van der Waals surface area contributed by atoms with Crippen LogP contribution in [-0.2, 0) is 11.2 Å². The van der Waals surface area contributed by atoms with E-state index in [0.29, 0.717) is 29.2 Å². The van der Waals surface area contributed by atoms with Gasteiger partial charge in [0.05, 0.1) is 32.4 Å². The van der Waals surface area contributed by atoms with E-state index in [1.54, 1.807) is 37.3 Å². The second-order valence-electron chi connectivity index (χ2n) is 8.32. The lowest BCUT2D eigenvalue weighted by atomic mass is 9.91. The van der Waals surface area contributed by atoms with Gasteiger partial charge in [-0.25, -0.2) is 13.6 Å². The summed E-state index contributed by atoms with van der Waals surface area (Å²) in [7, 11) is 3.03. The third-order valence-corrected chi connectivity index (χ3v) is 6.21. The minimum Gasteiger partial charge on any atom is -0.493 e. The van der Waals surface area contributed by atoms with Gasteiger partial charge in [-0.2, -0.15) is 0 Å². The van der Waals surface area contributed by atoms with Gasteiger partial charge in [0.2, 0.25) is 0 Å². The molecule has 0 fully saturated rings. The highest BCUT2D eigenvalue weighted by atomic mass is 19.1. The Bertz CT molecular complexity index is 1270. The Hall–Kier alpha value is -4.14. The zero-order valence-corrected chi connectivity index (χ0v) is 20.8. The van der Waals surface area contributed by atoms with Gasteiger partial charge in [-0.1, -0.05) is 6.07 Å². The molecule has 1 amide bonds. The van der Waals surface area contributed by atoms with Gasteiger partial charge in [0.25, 0.3) is 5.91 Å². The first-order valence-electron chi connectivity index (χ1n) is 11.8. The molecule has 1 aliphatic heterocycles. The predicted octanol–water partition coefficient (Wildman–Crippen LogP) is 4.98. The molecule has 0 saturated heterocycles. The van der Waals surface area contributed by atoms with Gasteiger partial charge >= 0.3 is 5.97 Å². The number of halogens is 2. The molecule has 37 heavy (non-hydrogen) atoms. The molecule has 0 N–H and O–H groups in total. The van der Waals surface area contributed by atoms with Crippen molar-refractivity contribution in [3.8, 4) is 17.2 Å². The second-order valence-corrected chi connectivity index (χ2v) is 8.32. The van der Waals surface area contributed by atoms with Gasteiger partial charge in [0, 0.05) is 6.54 Å². The van der Waals surface area contributed by atoms with Crippen LogP contribution in [-0.4, -0.2) is 50.8 Å². The number of benzene rings is 3. The fourth-order valence-corrected chi connectivity index (χ4v) is 4.37. The van der Waals surface area contributed by atoms with Crippen LogP contribution in [0.15, 0.2) is 54.6 Å². The molecule has 0 spiro atoms. The van der Waals surface area contributed by atoms with E-state index in [4.69, 9.17) is 18.9 Å². The highest BCUT2D eigenvalue weighted by molar-refractivity contribution is 5.95. The molecule has 9 heteroatoms. The van der Waals surface area contributed by atoms with Gasteiger partial charge in [-0.05, 0) is 73.0 Å². The molecule has 7 nitrogen and oxygen atoms in total. The third kappa shape index (κ3) is 5.35. The Balaban J connectivity index is 1.67. The summed E-state index contributed by atoms with van der Waals surface area (Å²) in [5, 5.41) is 0. The lowest BCUT2D eigenvalue weighted by molar-refractivity contribution is 0.0524. The zero-order chi connectivity index (χ0) is 26.5. The van der Waals surface area contributed by atoms with Crippen LogP contribution in [0.2, 0.25) is 0 Å². The molecular formula is C28H27F2NO6. The van der Waals surface area contributed by atoms with Crippen LogP contribution in [0.1, 0.15) is 44.8 Å². The fraction of sp³-hybridized carbons (Fsp3) is 0.286. The molecule has 0 aromatic heterocycles. The van der Waals surface area contributed by atoms with Crippen LogP contribution in [0, 0.1) is 11.6 Å². The van der Waals surface area contributed by atoms with Gasteiger partial charge in [-0.15, -0.1) is 0 Å². The Morgan fingerprint density at radius 1 is 0.973 bits per heavy atom. The number of fused-ring (bicyclic) bond motifs is 1. The standard InChI is InChI=1S/C28H27F2NO6/c1-4-36-28(33)17-8-10-19(11-9-17)37-16-23-20-15-25(35-3)24(34-2)14-18(20)12-13-31(23)27(32)26-21(29)6-5-7-22(26)30/h5-11,14-15,23H,4,12-13,16H2,1-3H3/t23-/m0/s1. The maximum atomic E-state index is 14.5. The lowest BCUT2D eigenvalue weighted by Gasteiger charge is -2.37. The van der Waals surface area contributed by atoms with E-state index in [1.165, 1.54) is 25.2 Å². The van der Waals surface area contributed by atoms with E-state index in [0.717, 1.165) is 23.3 Å². The van der Waals surface area contributed by atoms with Crippen molar-refractivity contribution in [2.24, 2.45) is 0 Å². The average Bonchev–Trinajstić information content (AvgIpc) is 2.91. The molecule has 1 aliphatic rings. The topological polar surface area (TPSA) is 74.3 Å². The number of hydrogen-bond donors (Lipinski definition) is 0. The SMILES string of the molecule is CCOC(=O)c1ccc(OC[C@H]2c3cc(OC)c(OC)cc3CCN2C(=O)c2c(F)cccc2F)cc1. The number of methoxy groups -OCH3 is 2. The summed E-state index contributed by atoms with van der Waals surface area (Å²) in [5.74, 6) is -1.64. The Morgan fingerprint density at radius 3 is 2.24 bits per heavy atom. The second kappa shape index (κ2) is 11.3. The zero-order valence-electron chi connectivity index (χ0n) is 20.8. The summed E-state index contributed by atoms with van der Waals surface area (Å²) in [6, 6.07) is 12.6. The summed E-state index contributed by atoms with van der Waals surface area (Å²) in [6.45, 7) is 2.19. The number of hydrogen-bond acceptors (Lipinski definition) is 6. The highest BCUT2D eigenvalue weighted by Gasteiger charge is 2.35. The molecule has 0 saturated carbocycles. The van der Waals surface area contributed by atoms with Crippen LogP contribution in [0.3, 0.4) is 0 Å². The van der Waals surface area contributed by atoms with E-state index in [-0.39, 0.29) is 19.8 Å². The van der Waals surface area contributed by atoms with Crippen LogP contribution in [0.4, 0.5) is 8.78 Å². The summed E-state index contributed by atoms with van der Waals surface area (Å²) < 4.78 is 50.9. The monoisotopic (exact) mass is 511 g/mol. The normalized spacial score (nSPS) is 14.5. The fourth-order valence-electron chi connectivity index (χ4n) is 4.37. The lowest BCUT2D eigenvalue weighted by Crippen LogP contribution is -2.43. The third-order valence-electron chi connectivity index (χ3n) is 6.21. The molecule has 0 aliphatic carbocycles. The number of carbonyl (C=O) groups is 2. The largest absolute Gasteiger partial charge is 0.493 e. The summed E-state index contributed by atoms with van der Waals surface area (Å²) in [6.07, 6.45) is 0.447. The molecular weight excluding hydrogens is 484 g/mol. The summed E-state index contributed by atoms with van der Waals surface area (Å²) in [4.78, 5) is 26.7. The Morgan fingerprint density at radius 2 is 1.62 bits per heavy atom. The van der Waals surface area contributed by atoms with Gasteiger partial charge in [0.15, 0.2) is 11.5 Å². The average molecular weight is 512 g/mol. The number of nitrogens with zero attached hydrogens (tertiary/aromatic N) is 1. The molecule has 4 rings (SSSR count). The number of amides is 1. The van der Waals surface area contributed by atoms with Crippen molar-refractivity contribution in [3.05, 3.63) is 88.5 Å². The molecule has 3 aromatic rings. The van der Waals surface area contributed by atoms with Crippen LogP contribution < -0.4 is 14.2 Å². The number of rotatable bonds is 8. The molecule has 0 bridgehead atoms. The van der Waals surface area contributed by atoms with Crippen molar-refractivity contribution >= 4 is 11.9 Å². The number of carbonyl (C=O) groups excluding carboxylic acids is 2. The van der Waals surface area contributed by atoms with Crippen LogP contribution >= 0.6 is 0 Å². The van der Waals surface area contributed by atoms with Gasteiger partial charge in [-0.3, -0.25) is 4.79 Å². The van der Waals surface area contributed by atoms with E-state index in [2.05, 4.69) is 0 Å². The maximum Gasteiger partial charge on any atom is 0.338 e. The molecule has 0 unspecified atom stereocenters. The molecule has 3 aromatic carbocycles. The summed E-state index contributed by atoms with van der Waals surface area (Å²) >= 11 is 0. The van der Waals surface area contributed by atoms with Crippen molar-refractivity contribution in [3.63, 3.8) is 0 Å². The van der Waals surface area contributed by atoms with Gasteiger partial charge < -0.3 is 23.8 Å². The van der Waals surface area contributed by atoms with Crippen molar-refractivity contribution in [1.82, 2.24) is 4.90 Å². The van der Waals surface area contributed by atoms with E-state index in [1.807, 2.05) is 6.07 Å². The first kappa shape index (κ1) is 25.9. The Kier molecular flexibility index (Phi) is 7.91. The Labute approximate surface area is 213 Å². The van der Waals surface area contributed by atoms with Crippen LogP contribution in [0.25, 0.3) is 0 Å².